The van der Waals surface area contributed by atoms with Crippen molar-refractivity contribution in [2.45, 2.75) is 27.7 Å². The van der Waals surface area contributed by atoms with Crippen LogP contribution < -0.4 is 18.9 Å². The van der Waals surface area contributed by atoms with Gasteiger partial charge >= 0.3 is 0 Å². The maximum atomic E-state index is 14.5. The molecule has 300 valence electrons. The van der Waals surface area contributed by atoms with Crippen LogP contribution in [0.1, 0.15) is 22.3 Å². The highest BCUT2D eigenvalue weighted by molar-refractivity contribution is 5.67. The summed E-state index contributed by atoms with van der Waals surface area (Å²) in [6, 6.07) is 57.8. The van der Waals surface area contributed by atoms with E-state index in [4.69, 9.17) is 18.9 Å². The van der Waals surface area contributed by atoms with Crippen molar-refractivity contribution in [1.82, 2.24) is 0 Å². The lowest BCUT2D eigenvalue weighted by molar-refractivity contribution is 0.119. The quantitative estimate of drug-likeness (QED) is 0.115. The van der Waals surface area contributed by atoms with Gasteiger partial charge in [-0.1, -0.05) is 144 Å². The molecule has 0 aromatic heterocycles. The predicted molar refractivity (Wildman–Crippen MR) is 239 cm³/mol. The number of halogens is 2. The number of ether oxygens (including phenoxy) is 4. The van der Waals surface area contributed by atoms with Crippen LogP contribution in [0.2, 0.25) is 0 Å². The molecule has 0 atom stereocenters. The lowest BCUT2D eigenvalue weighted by Gasteiger charge is -2.11. The molecule has 0 N–H and O–H groups in total. The third-order valence-electron chi connectivity index (χ3n) is 9.99. The molecule has 0 bridgehead atoms. The normalized spacial score (nSPS) is 10.6. The topological polar surface area (TPSA) is 36.9 Å². The van der Waals surface area contributed by atoms with E-state index in [-0.39, 0.29) is 25.2 Å². The van der Waals surface area contributed by atoms with Gasteiger partial charge in [0.25, 0.3) is 0 Å². The van der Waals surface area contributed by atoms with Crippen LogP contribution in [0.3, 0.4) is 0 Å². The first-order valence-electron chi connectivity index (χ1n) is 19.8. The first-order chi connectivity index (χ1) is 29.2. The molecular weight excluding hydrogens is 751 g/mol. The standard InChI is InChI=1S/C27H22F2O2.C27H24O2/c1-18-3-7-20(8-4-18)24-13-11-22(15-26(24)28)30-17-31-23-12-14-25(27(29)16-23)21-9-5-19(2)6-10-21;1-20-3-7-22(8-4-20)24-11-15-26(16-12-24)28-19-29-27-17-13-25(14-18-27)23-9-5-21(2)6-10-23/h3-16H,17H2,1-2H3;3-18H,19H2,1-2H3. The molecule has 60 heavy (non-hydrogen) atoms. The van der Waals surface area contributed by atoms with E-state index in [1.165, 1.54) is 45.5 Å². The Balaban J connectivity index is 0.000000182. The second-order valence-electron chi connectivity index (χ2n) is 14.6. The van der Waals surface area contributed by atoms with Gasteiger partial charge in [-0.25, -0.2) is 8.78 Å². The molecule has 0 fully saturated rings. The van der Waals surface area contributed by atoms with Crippen LogP contribution in [0.4, 0.5) is 8.78 Å². The van der Waals surface area contributed by atoms with E-state index >= 15 is 0 Å². The summed E-state index contributed by atoms with van der Waals surface area (Å²) < 4.78 is 51.4. The van der Waals surface area contributed by atoms with Gasteiger partial charge < -0.3 is 18.9 Å². The van der Waals surface area contributed by atoms with E-state index in [2.05, 4.69) is 86.6 Å². The molecule has 0 radical (unpaired) electrons. The van der Waals surface area contributed by atoms with Crippen molar-refractivity contribution in [3.63, 3.8) is 0 Å². The average Bonchev–Trinajstić information content (AvgIpc) is 3.26. The molecule has 0 aliphatic heterocycles. The smallest absolute Gasteiger partial charge is 0.230 e. The van der Waals surface area contributed by atoms with E-state index in [1.807, 2.05) is 86.6 Å². The van der Waals surface area contributed by atoms with Crippen molar-refractivity contribution in [3.05, 3.63) is 216 Å². The van der Waals surface area contributed by atoms with Crippen LogP contribution in [-0.2, 0) is 0 Å². The van der Waals surface area contributed by atoms with E-state index in [9.17, 15) is 8.78 Å². The van der Waals surface area contributed by atoms with Crippen LogP contribution in [0.15, 0.2) is 182 Å². The van der Waals surface area contributed by atoms with Crippen molar-refractivity contribution < 1.29 is 27.7 Å². The Kier molecular flexibility index (Phi) is 13.3. The summed E-state index contributed by atoms with van der Waals surface area (Å²) in [6.45, 7) is 8.17. The first kappa shape index (κ1) is 41.0. The number of hydrogen-bond acceptors (Lipinski definition) is 4. The molecule has 0 saturated carbocycles. The highest BCUT2D eigenvalue weighted by Gasteiger charge is 2.10. The molecule has 0 heterocycles. The lowest BCUT2D eigenvalue weighted by Crippen LogP contribution is -2.06. The van der Waals surface area contributed by atoms with Crippen LogP contribution in [-0.4, -0.2) is 13.6 Å². The minimum atomic E-state index is -0.380. The maximum Gasteiger partial charge on any atom is 0.230 e. The van der Waals surface area contributed by atoms with Gasteiger partial charge in [-0.05, 0) is 110 Å². The SMILES string of the molecule is Cc1ccc(-c2ccc(OCOc3ccc(-c4ccc(C)cc4)c(F)c3)cc2F)cc1.Cc1ccc(-c2ccc(OCOc3ccc(-c4ccc(C)cc4)cc3)cc2)cc1. The minimum absolute atomic E-state index is 0.160. The molecule has 0 saturated heterocycles. The fraction of sp³-hybridized carbons (Fsp3) is 0.111. The van der Waals surface area contributed by atoms with Gasteiger partial charge in [-0.2, -0.15) is 0 Å². The zero-order valence-corrected chi connectivity index (χ0v) is 34.1. The molecule has 8 aromatic rings. The number of rotatable bonds is 12. The maximum absolute atomic E-state index is 14.5. The van der Waals surface area contributed by atoms with Crippen LogP contribution >= 0.6 is 0 Å². The van der Waals surface area contributed by atoms with Crippen molar-refractivity contribution in [2.75, 3.05) is 13.6 Å². The lowest BCUT2D eigenvalue weighted by atomic mass is 10.0. The molecule has 0 unspecified atom stereocenters. The van der Waals surface area contributed by atoms with E-state index in [0.29, 0.717) is 22.6 Å². The van der Waals surface area contributed by atoms with Crippen LogP contribution in [0.5, 0.6) is 23.0 Å². The molecule has 0 aliphatic rings. The fourth-order valence-electron chi connectivity index (χ4n) is 6.42. The summed E-state index contributed by atoms with van der Waals surface area (Å²) in [7, 11) is 0. The van der Waals surface area contributed by atoms with Gasteiger partial charge in [-0.3, -0.25) is 0 Å². The van der Waals surface area contributed by atoms with Gasteiger partial charge in [0, 0.05) is 23.3 Å². The highest BCUT2D eigenvalue weighted by Crippen LogP contribution is 2.29. The predicted octanol–water partition coefficient (Wildman–Crippen LogP) is 14.4. The van der Waals surface area contributed by atoms with Crippen LogP contribution in [0, 0.1) is 39.3 Å². The Hall–Kier alpha value is -7.18. The van der Waals surface area contributed by atoms with Gasteiger partial charge in [0.05, 0.1) is 0 Å². The van der Waals surface area contributed by atoms with E-state index in [0.717, 1.165) is 33.8 Å². The van der Waals surface area contributed by atoms with Gasteiger partial charge in [0.2, 0.25) is 13.6 Å². The highest BCUT2D eigenvalue weighted by atomic mass is 19.1. The van der Waals surface area contributed by atoms with Crippen molar-refractivity contribution in [1.29, 1.82) is 0 Å². The third kappa shape index (κ3) is 11.1. The number of benzene rings is 8. The monoisotopic (exact) mass is 796 g/mol. The summed E-state index contributed by atoms with van der Waals surface area (Å²) in [4.78, 5) is 0. The molecule has 0 aliphatic carbocycles. The molecule has 0 spiro atoms. The van der Waals surface area contributed by atoms with Crippen LogP contribution in [0.25, 0.3) is 44.5 Å². The third-order valence-corrected chi connectivity index (χ3v) is 9.99. The largest absolute Gasteiger partial charge is 0.458 e. The second-order valence-corrected chi connectivity index (χ2v) is 14.6. The molecule has 6 heteroatoms. The Morgan fingerprint density at radius 1 is 0.283 bits per heavy atom. The second kappa shape index (κ2) is 19.5. The van der Waals surface area contributed by atoms with Crippen molar-refractivity contribution >= 4 is 0 Å². The Morgan fingerprint density at radius 2 is 0.517 bits per heavy atom. The molecular formula is C54H46F2O4. The summed E-state index contributed by atoms with van der Waals surface area (Å²) >= 11 is 0. The van der Waals surface area contributed by atoms with Gasteiger partial charge in [-0.15, -0.1) is 0 Å². The number of aryl methyl sites for hydroxylation is 4. The molecule has 8 rings (SSSR count). The fourth-order valence-corrected chi connectivity index (χ4v) is 6.42. The molecule has 8 aromatic carbocycles. The Bertz CT molecular complexity index is 2420. The minimum Gasteiger partial charge on any atom is -0.458 e. The summed E-state index contributed by atoms with van der Waals surface area (Å²) in [5.41, 5.74) is 12.1. The van der Waals surface area contributed by atoms with E-state index in [1.54, 1.807) is 24.3 Å². The summed E-state index contributed by atoms with van der Waals surface area (Å²) in [5.74, 6) is 1.49. The zero-order valence-electron chi connectivity index (χ0n) is 34.1. The summed E-state index contributed by atoms with van der Waals surface area (Å²) in [6.07, 6.45) is 0. The summed E-state index contributed by atoms with van der Waals surface area (Å²) in [5, 5.41) is 0. The first-order valence-corrected chi connectivity index (χ1v) is 19.8. The Morgan fingerprint density at radius 3 is 0.800 bits per heavy atom. The number of hydrogen-bond donors (Lipinski definition) is 0. The van der Waals surface area contributed by atoms with Gasteiger partial charge in [0.15, 0.2) is 0 Å². The molecule has 0 amide bonds. The van der Waals surface area contributed by atoms with Gasteiger partial charge in [0.1, 0.15) is 34.6 Å². The average molecular weight is 797 g/mol. The van der Waals surface area contributed by atoms with Crippen molar-refractivity contribution in [2.24, 2.45) is 0 Å². The molecule has 4 nitrogen and oxygen atoms in total. The zero-order chi connectivity index (χ0) is 41.8. The Labute approximate surface area is 351 Å². The van der Waals surface area contributed by atoms with E-state index < -0.39 is 0 Å². The van der Waals surface area contributed by atoms with Crippen molar-refractivity contribution in [3.8, 4) is 67.5 Å².